The molecule has 1 aromatic heterocycles. The minimum Gasteiger partial charge on any atom is -0.385 e. The highest BCUT2D eigenvalue weighted by Gasteiger charge is 2.19. The average Bonchev–Trinajstić information content (AvgIpc) is 2.93. The lowest BCUT2D eigenvalue weighted by Crippen LogP contribution is -2.32. The molecule has 2 rings (SSSR count). The van der Waals surface area contributed by atoms with Gasteiger partial charge in [0.1, 0.15) is 0 Å². The quantitative estimate of drug-likeness (QED) is 0.419. The number of rotatable bonds is 8. The van der Waals surface area contributed by atoms with Crippen LogP contribution in [0, 0.1) is 0 Å². The number of nitrogens with one attached hydrogen (secondary N) is 1. The number of hydrogen-bond acceptors (Lipinski definition) is 6. The van der Waals surface area contributed by atoms with E-state index in [0.29, 0.717) is 29.2 Å². The van der Waals surface area contributed by atoms with E-state index in [0.717, 1.165) is 12.0 Å². The number of nitrogens with two attached hydrogens (primary N) is 1. The Bertz CT molecular complexity index is 677. The van der Waals surface area contributed by atoms with Gasteiger partial charge in [0.25, 0.3) is 0 Å². The van der Waals surface area contributed by atoms with Gasteiger partial charge in [0, 0.05) is 30.8 Å². The summed E-state index contributed by atoms with van der Waals surface area (Å²) in [6, 6.07) is 7.15. The number of benzene rings is 1. The molecule has 24 heavy (non-hydrogen) atoms. The van der Waals surface area contributed by atoms with E-state index < -0.39 is 0 Å². The highest BCUT2D eigenvalue weighted by Crippen LogP contribution is 2.25. The summed E-state index contributed by atoms with van der Waals surface area (Å²) in [5.41, 5.74) is 0.804. The molecule has 0 aliphatic heterocycles. The van der Waals surface area contributed by atoms with E-state index in [1.165, 1.54) is 16.4 Å². The molecule has 0 aliphatic carbocycles. The fourth-order valence-electron chi connectivity index (χ4n) is 1.94. The summed E-state index contributed by atoms with van der Waals surface area (Å²) in [5.74, 6) is 6.49. The first-order valence-electron chi connectivity index (χ1n) is 7.42. The normalized spacial score (nSPS) is 12.1. The molecule has 9 heteroatoms. The van der Waals surface area contributed by atoms with Gasteiger partial charge in [0.05, 0.1) is 5.25 Å². The van der Waals surface area contributed by atoms with Gasteiger partial charge in [-0.05, 0) is 37.6 Å². The molecular weight excluding hydrogens is 350 g/mol. The second-order valence-electron chi connectivity index (χ2n) is 5.08. The van der Waals surface area contributed by atoms with Crippen LogP contribution < -0.4 is 11.2 Å². The van der Waals surface area contributed by atoms with Crippen LogP contribution in [0.3, 0.4) is 0 Å². The molecule has 0 radical (unpaired) electrons. The number of methoxy groups -OCH3 is 1. The van der Waals surface area contributed by atoms with Gasteiger partial charge < -0.3 is 15.9 Å². The third kappa shape index (κ3) is 4.86. The van der Waals surface area contributed by atoms with E-state index in [-0.39, 0.29) is 11.2 Å². The molecule has 0 spiro atoms. The summed E-state index contributed by atoms with van der Waals surface area (Å²) in [4.78, 5) is 12.1. The van der Waals surface area contributed by atoms with Crippen LogP contribution in [-0.4, -0.2) is 46.3 Å². The first kappa shape index (κ1) is 18.6. The highest BCUT2D eigenvalue weighted by molar-refractivity contribution is 8.00. The molecule has 1 heterocycles. The van der Waals surface area contributed by atoms with E-state index in [1.54, 1.807) is 26.2 Å². The molecule has 0 saturated carbocycles. The SMILES string of the molecule is COCCCNC(=O)C(C)Sc1nnc(-c2ccc(Cl)cc2)n1N. The van der Waals surface area contributed by atoms with Gasteiger partial charge in [0.2, 0.25) is 11.1 Å². The number of nitrogen functional groups attached to an aromatic ring is 1. The molecule has 130 valence electrons. The predicted octanol–water partition coefficient (Wildman–Crippen LogP) is 1.95. The first-order chi connectivity index (χ1) is 11.5. The summed E-state index contributed by atoms with van der Waals surface area (Å²) in [7, 11) is 1.63. The van der Waals surface area contributed by atoms with Crippen LogP contribution in [-0.2, 0) is 9.53 Å². The summed E-state index contributed by atoms with van der Waals surface area (Å²) >= 11 is 7.13. The number of carbonyl (C=O) groups excluding carboxylic acids is 1. The summed E-state index contributed by atoms with van der Waals surface area (Å²) in [5, 5.41) is 11.8. The Morgan fingerprint density at radius 3 is 2.79 bits per heavy atom. The van der Waals surface area contributed by atoms with Gasteiger partial charge in [-0.3, -0.25) is 4.79 Å². The largest absolute Gasteiger partial charge is 0.385 e. The van der Waals surface area contributed by atoms with Crippen LogP contribution >= 0.6 is 23.4 Å². The van der Waals surface area contributed by atoms with E-state index >= 15 is 0 Å². The molecule has 0 saturated heterocycles. The molecule has 7 nitrogen and oxygen atoms in total. The maximum atomic E-state index is 12.1. The predicted molar refractivity (Wildman–Crippen MR) is 95.4 cm³/mol. The molecule has 1 amide bonds. The Hall–Kier alpha value is -1.77. The van der Waals surface area contributed by atoms with Crippen molar-refractivity contribution in [1.82, 2.24) is 20.2 Å². The first-order valence-corrected chi connectivity index (χ1v) is 8.68. The van der Waals surface area contributed by atoms with Crippen molar-refractivity contribution in [2.24, 2.45) is 0 Å². The van der Waals surface area contributed by atoms with Crippen LogP contribution in [0.2, 0.25) is 5.02 Å². The number of nitrogens with zero attached hydrogens (tertiary/aromatic N) is 3. The Balaban J connectivity index is 1.98. The molecule has 0 aliphatic rings. The van der Waals surface area contributed by atoms with Crippen molar-refractivity contribution >= 4 is 29.3 Å². The van der Waals surface area contributed by atoms with Crippen molar-refractivity contribution in [3.63, 3.8) is 0 Å². The Kier molecular flexibility index (Phi) is 6.89. The van der Waals surface area contributed by atoms with Crippen molar-refractivity contribution < 1.29 is 9.53 Å². The summed E-state index contributed by atoms with van der Waals surface area (Å²) in [6.07, 6.45) is 0.771. The smallest absolute Gasteiger partial charge is 0.233 e. The number of amides is 1. The Morgan fingerprint density at radius 2 is 2.12 bits per heavy atom. The molecule has 1 atom stereocenters. The zero-order chi connectivity index (χ0) is 17.5. The molecule has 0 fully saturated rings. The minimum atomic E-state index is -0.336. The summed E-state index contributed by atoms with van der Waals surface area (Å²) < 4.78 is 6.32. The fraction of sp³-hybridized carbons (Fsp3) is 0.400. The van der Waals surface area contributed by atoms with E-state index in [9.17, 15) is 4.79 Å². The van der Waals surface area contributed by atoms with Crippen LogP contribution in [0.4, 0.5) is 0 Å². The number of thioether (sulfide) groups is 1. The number of carbonyl (C=O) groups is 1. The van der Waals surface area contributed by atoms with E-state index in [2.05, 4.69) is 15.5 Å². The van der Waals surface area contributed by atoms with Crippen LogP contribution in [0.25, 0.3) is 11.4 Å². The number of ether oxygens (including phenoxy) is 1. The molecule has 1 aromatic carbocycles. The lowest BCUT2D eigenvalue weighted by Gasteiger charge is -2.11. The second kappa shape index (κ2) is 8.91. The number of aromatic nitrogens is 3. The van der Waals surface area contributed by atoms with Crippen molar-refractivity contribution in [1.29, 1.82) is 0 Å². The molecular formula is C15H20ClN5O2S. The zero-order valence-corrected chi connectivity index (χ0v) is 15.1. The monoisotopic (exact) mass is 369 g/mol. The number of halogens is 1. The molecule has 3 N–H and O–H groups in total. The van der Waals surface area contributed by atoms with Gasteiger partial charge in [-0.25, -0.2) is 4.68 Å². The van der Waals surface area contributed by atoms with Crippen molar-refractivity contribution in [2.45, 2.75) is 23.8 Å². The fourth-order valence-corrected chi connectivity index (χ4v) is 2.86. The maximum Gasteiger partial charge on any atom is 0.233 e. The minimum absolute atomic E-state index is 0.0767. The van der Waals surface area contributed by atoms with Gasteiger partial charge >= 0.3 is 0 Å². The van der Waals surface area contributed by atoms with Crippen molar-refractivity contribution in [3.05, 3.63) is 29.3 Å². The van der Waals surface area contributed by atoms with Crippen molar-refractivity contribution in [2.75, 3.05) is 26.1 Å². The van der Waals surface area contributed by atoms with Crippen LogP contribution in [0.15, 0.2) is 29.4 Å². The standard InChI is InChI=1S/C15H20ClN5O2S/c1-10(14(22)18-8-3-9-23-2)24-15-20-19-13(21(15)17)11-4-6-12(16)7-5-11/h4-7,10H,3,8-9,17H2,1-2H3,(H,18,22). The second-order valence-corrected chi connectivity index (χ2v) is 6.82. The lowest BCUT2D eigenvalue weighted by atomic mass is 10.2. The highest BCUT2D eigenvalue weighted by atomic mass is 35.5. The van der Waals surface area contributed by atoms with E-state index in [4.69, 9.17) is 22.2 Å². The third-order valence-electron chi connectivity index (χ3n) is 3.24. The van der Waals surface area contributed by atoms with Crippen LogP contribution in [0.1, 0.15) is 13.3 Å². The van der Waals surface area contributed by atoms with Gasteiger partial charge in [-0.2, -0.15) is 0 Å². The van der Waals surface area contributed by atoms with Gasteiger partial charge in [-0.15, -0.1) is 10.2 Å². The Morgan fingerprint density at radius 1 is 1.42 bits per heavy atom. The third-order valence-corrected chi connectivity index (χ3v) is 4.55. The molecule has 0 bridgehead atoms. The summed E-state index contributed by atoms with van der Waals surface area (Å²) in [6.45, 7) is 2.99. The zero-order valence-electron chi connectivity index (χ0n) is 13.5. The van der Waals surface area contributed by atoms with Gasteiger partial charge in [-0.1, -0.05) is 23.4 Å². The maximum absolute atomic E-state index is 12.1. The lowest BCUT2D eigenvalue weighted by molar-refractivity contribution is -0.120. The van der Waals surface area contributed by atoms with Crippen molar-refractivity contribution in [3.8, 4) is 11.4 Å². The van der Waals surface area contributed by atoms with E-state index in [1.807, 2.05) is 12.1 Å². The average molecular weight is 370 g/mol. The Labute approximate surface area is 149 Å². The molecule has 1 unspecified atom stereocenters. The molecule has 2 aromatic rings. The number of hydrogen-bond donors (Lipinski definition) is 2. The topological polar surface area (TPSA) is 95.1 Å². The van der Waals surface area contributed by atoms with Crippen LogP contribution in [0.5, 0.6) is 0 Å². The van der Waals surface area contributed by atoms with Gasteiger partial charge in [0.15, 0.2) is 5.82 Å².